The van der Waals surface area contributed by atoms with Gasteiger partial charge in [-0.15, -0.1) is 0 Å². The predicted octanol–water partition coefficient (Wildman–Crippen LogP) is 0.285. The third kappa shape index (κ3) is 3.91. The average Bonchev–Trinajstić information content (AvgIpc) is 3.00. The van der Waals surface area contributed by atoms with Crippen molar-refractivity contribution >= 4 is 15.7 Å². The summed E-state index contributed by atoms with van der Waals surface area (Å²) in [6.07, 6.45) is 6.06. The van der Waals surface area contributed by atoms with Gasteiger partial charge in [-0.05, 0) is 6.07 Å². The fourth-order valence-corrected chi connectivity index (χ4v) is 3.27. The van der Waals surface area contributed by atoms with Gasteiger partial charge in [-0.1, -0.05) is 6.07 Å². The van der Waals surface area contributed by atoms with Crippen LogP contribution in [0.2, 0.25) is 0 Å². The smallest absolute Gasteiger partial charge is 0.238 e. The van der Waals surface area contributed by atoms with E-state index < -0.39 is 21.5 Å². The van der Waals surface area contributed by atoms with Gasteiger partial charge in [0.15, 0.2) is 9.84 Å². The Labute approximate surface area is 140 Å². The van der Waals surface area contributed by atoms with Crippen LogP contribution in [0.15, 0.2) is 36.9 Å². The molecule has 0 saturated heterocycles. The maximum atomic E-state index is 12.2. The molecule has 1 aliphatic heterocycles. The molecule has 0 radical (unpaired) electrons. The molecular formula is C15H18N4O4S. The number of carbonyl (C=O) groups excluding carboxylic acids is 1. The van der Waals surface area contributed by atoms with E-state index in [1.54, 1.807) is 30.9 Å². The Morgan fingerprint density at radius 1 is 1.42 bits per heavy atom. The summed E-state index contributed by atoms with van der Waals surface area (Å²) in [6, 6.07) is 5.23. The molecule has 1 atom stereocenters. The second kappa shape index (κ2) is 6.60. The number of sulfone groups is 1. The molecule has 24 heavy (non-hydrogen) atoms. The Bertz CT molecular complexity index is 819. The first-order chi connectivity index (χ1) is 11.4. The second-order valence-electron chi connectivity index (χ2n) is 5.77. The van der Waals surface area contributed by atoms with Crippen LogP contribution in [0.4, 0.5) is 0 Å². The molecule has 128 valence electrons. The Morgan fingerprint density at radius 2 is 2.25 bits per heavy atom. The van der Waals surface area contributed by atoms with Crippen LogP contribution in [0.25, 0.3) is 0 Å². The SMILES string of the molecule is CS(=O)(=O)CC(=O)N1Cc2cncn2[C@@H](COc2ccccn2)C1. The van der Waals surface area contributed by atoms with E-state index in [0.717, 1.165) is 11.9 Å². The summed E-state index contributed by atoms with van der Waals surface area (Å²) >= 11 is 0. The van der Waals surface area contributed by atoms with E-state index in [2.05, 4.69) is 9.97 Å². The molecule has 1 amide bonds. The lowest BCUT2D eigenvalue weighted by Crippen LogP contribution is -2.44. The molecule has 0 spiro atoms. The van der Waals surface area contributed by atoms with Crippen molar-refractivity contribution in [1.82, 2.24) is 19.4 Å². The van der Waals surface area contributed by atoms with Crippen LogP contribution in [0.1, 0.15) is 11.7 Å². The molecule has 0 unspecified atom stereocenters. The van der Waals surface area contributed by atoms with Gasteiger partial charge < -0.3 is 14.2 Å². The maximum Gasteiger partial charge on any atom is 0.238 e. The highest BCUT2D eigenvalue weighted by atomic mass is 32.2. The van der Waals surface area contributed by atoms with Gasteiger partial charge in [-0.25, -0.2) is 18.4 Å². The minimum absolute atomic E-state index is 0.151. The van der Waals surface area contributed by atoms with Crippen molar-refractivity contribution in [2.24, 2.45) is 0 Å². The van der Waals surface area contributed by atoms with E-state index in [4.69, 9.17) is 4.74 Å². The van der Waals surface area contributed by atoms with Crippen molar-refractivity contribution in [3.63, 3.8) is 0 Å². The van der Waals surface area contributed by atoms with E-state index in [-0.39, 0.29) is 6.04 Å². The zero-order chi connectivity index (χ0) is 17.2. The Kier molecular flexibility index (Phi) is 4.52. The van der Waals surface area contributed by atoms with Crippen LogP contribution in [0, 0.1) is 0 Å². The van der Waals surface area contributed by atoms with E-state index in [1.165, 1.54) is 4.90 Å². The highest BCUT2D eigenvalue weighted by molar-refractivity contribution is 7.91. The predicted molar refractivity (Wildman–Crippen MR) is 86.1 cm³/mol. The third-order valence-electron chi connectivity index (χ3n) is 3.72. The Morgan fingerprint density at radius 3 is 2.96 bits per heavy atom. The molecule has 3 rings (SSSR count). The van der Waals surface area contributed by atoms with Gasteiger partial charge in [0.2, 0.25) is 11.8 Å². The Hall–Kier alpha value is -2.42. The van der Waals surface area contributed by atoms with E-state index in [0.29, 0.717) is 25.6 Å². The number of rotatable bonds is 5. The summed E-state index contributed by atoms with van der Waals surface area (Å²) in [5.74, 6) is -0.402. The van der Waals surface area contributed by atoms with Gasteiger partial charge in [0.05, 0.1) is 24.6 Å². The van der Waals surface area contributed by atoms with E-state index in [9.17, 15) is 13.2 Å². The summed E-state index contributed by atoms with van der Waals surface area (Å²) in [6.45, 7) is 1.02. The molecule has 9 heteroatoms. The monoisotopic (exact) mass is 350 g/mol. The van der Waals surface area contributed by atoms with Crippen LogP contribution in [-0.4, -0.2) is 58.9 Å². The number of ether oxygens (including phenoxy) is 1. The number of imidazole rings is 1. The number of amides is 1. The number of hydrogen-bond acceptors (Lipinski definition) is 6. The number of aromatic nitrogens is 3. The molecule has 0 aliphatic carbocycles. The summed E-state index contributed by atoms with van der Waals surface area (Å²) in [4.78, 5) is 22.0. The van der Waals surface area contributed by atoms with Crippen LogP contribution in [0.3, 0.4) is 0 Å². The van der Waals surface area contributed by atoms with Crippen molar-refractivity contribution in [2.75, 3.05) is 25.2 Å². The lowest BCUT2D eigenvalue weighted by molar-refractivity contribution is -0.130. The molecule has 0 fully saturated rings. The molecule has 2 aromatic heterocycles. The molecule has 0 bridgehead atoms. The fourth-order valence-electron chi connectivity index (χ4n) is 2.64. The number of carbonyl (C=O) groups is 1. The summed E-state index contributed by atoms with van der Waals surface area (Å²) < 4.78 is 30.4. The van der Waals surface area contributed by atoms with Gasteiger partial charge in [0.25, 0.3) is 0 Å². The largest absolute Gasteiger partial charge is 0.475 e. The van der Waals surface area contributed by atoms with Crippen LogP contribution in [0.5, 0.6) is 5.88 Å². The lowest BCUT2D eigenvalue weighted by atomic mass is 10.2. The quantitative estimate of drug-likeness (QED) is 0.769. The minimum Gasteiger partial charge on any atom is -0.475 e. The van der Waals surface area contributed by atoms with Crippen molar-refractivity contribution in [3.05, 3.63) is 42.6 Å². The van der Waals surface area contributed by atoms with Crippen molar-refractivity contribution in [2.45, 2.75) is 12.6 Å². The van der Waals surface area contributed by atoms with Gasteiger partial charge in [0.1, 0.15) is 12.4 Å². The zero-order valence-electron chi connectivity index (χ0n) is 13.2. The summed E-state index contributed by atoms with van der Waals surface area (Å²) in [7, 11) is -3.36. The molecule has 0 N–H and O–H groups in total. The number of pyridine rings is 1. The number of hydrogen-bond donors (Lipinski definition) is 0. The van der Waals surface area contributed by atoms with Crippen molar-refractivity contribution in [3.8, 4) is 5.88 Å². The Balaban J connectivity index is 1.73. The molecule has 8 nitrogen and oxygen atoms in total. The number of fused-ring (bicyclic) bond motifs is 1. The first kappa shape index (κ1) is 16.4. The normalized spacial score (nSPS) is 17.4. The molecule has 0 saturated carbocycles. The zero-order valence-corrected chi connectivity index (χ0v) is 14.0. The highest BCUT2D eigenvalue weighted by Gasteiger charge is 2.29. The summed E-state index contributed by atoms with van der Waals surface area (Å²) in [5.41, 5.74) is 0.845. The molecule has 1 aliphatic rings. The number of nitrogens with zero attached hydrogens (tertiary/aromatic N) is 4. The van der Waals surface area contributed by atoms with Crippen molar-refractivity contribution < 1.29 is 17.9 Å². The van der Waals surface area contributed by atoms with Gasteiger partial charge >= 0.3 is 0 Å². The minimum atomic E-state index is -3.36. The van der Waals surface area contributed by atoms with Crippen molar-refractivity contribution in [1.29, 1.82) is 0 Å². The third-order valence-corrected chi connectivity index (χ3v) is 4.49. The maximum absolute atomic E-state index is 12.2. The highest BCUT2D eigenvalue weighted by Crippen LogP contribution is 2.22. The van der Waals surface area contributed by atoms with Crippen LogP contribution >= 0.6 is 0 Å². The summed E-state index contributed by atoms with van der Waals surface area (Å²) in [5, 5.41) is 0. The second-order valence-corrected chi connectivity index (χ2v) is 7.91. The van der Waals surface area contributed by atoms with Gasteiger partial charge in [-0.2, -0.15) is 0 Å². The van der Waals surface area contributed by atoms with E-state index >= 15 is 0 Å². The molecular weight excluding hydrogens is 332 g/mol. The van der Waals surface area contributed by atoms with Crippen LogP contribution < -0.4 is 4.74 Å². The van der Waals surface area contributed by atoms with Gasteiger partial charge in [-0.3, -0.25) is 4.79 Å². The van der Waals surface area contributed by atoms with Crippen LogP contribution in [-0.2, 0) is 21.2 Å². The topological polar surface area (TPSA) is 94.4 Å². The standard InChI is InChI=1S/C15H18N4O4S/c1-24(21,22)10-15(20)18-7-12-6-16-11-19(12)13(8-18)9-23-14-4-2-3-5-17-14/h2-6,11,13H,7-10H2,1H3/t13-/m1/s1. The first-order valence-corrected chi connectivity index (χ1v) is 9.48. The molecule has 0 aromatic carbocycles. The molecule has 3 heterocycles. The first-order valence-electron chi connectivity index (χ1n) is 7.42. The average molecular weight is 350 g/mol. The van der Waals surface area contributed by atoms with E-state index in [1.807, 2.05) is 10.6 Å². The van der Waals surface area contributed by atoms with Gasteiger partial charge in [0, 0.05) is 31.3 Å². The fraction of sp³-hybridized carbons (Fsp3) is 0.400. The molecule has 2 aromatic rings. The lowest BCUT2D eigenvalue weighted by Gasteiger charge is -2.34.